The third kappa shape index (κ3) is 18.1. The summed E-state index contributed by atoms with van der Waals surface area (Å²) < 4.78 is -0.750. The van der Waals surface area contributed by atoms with Gasteiger partial charge in [0.15, 0.2) is 4.30 Å². The van der Waals surface area contributed by atoms with Crippen molar-refractivity contribution in [3.8, 4) is 0 Å². The molecule has 5 heteroatoms. The van der Waals surface area contributed by atoms with Gasteiger partial charge >= 0.3 is 0 Å². The molecule has 0 aliphatic heterocycles. The lowest BCUT2D eigenvalue weighted by Crippen LogP contribution is -2.20. The Kier molecular flexibility index (Phi) is 9.69. The topological polar surface area (TPSA) is 40.5 Å². The molecule has 0 fully saturated rings. The van der Waals surface area contributed by atoms with Gasteiger partial charge in [-0.05, 0) is 0 Å². The Hall–Kier alpha value is 0.790. The molecule has 0 radical (unpaired) electrons. The summed E-state index contributed by atoms with van der Waals surface area (Å²) >= 11 is 14.4. The zero-order valence-corrected chi connectivity index (χ0v) is 8.79. The number of rotatable bonds is 2. The number of hydrogen-bond donors (Lipinski definition) is 2. The Bertz CT molecular complexity index is 77.1. The van der Waals surface area contributed by atoms with E-state index in [9.17, 15) is 0 Å². The lowest BCUT2D eigenvalue weighted by molar-refractivity contribution is 0.0857. The van der Waals surface area contributed by atoms with Crippen molar-refractivity contribution in [3.63, 3.8) is 0 Å². The summed E-state index contributed by atoms with van der Waals surface area (Å²) in [6, 6.07) is 0. The molecular formula is C6H13Cl3O2. The van der Waals surface area contributed by atoms with Gasteiger partial charge in [0.1, 0.15) is 0 Å². The predicted octanol–water partition coefficient (Wildman–Crippen LogP) is 1.98. The molecule has 0 amide bonds. The predicted molar refractivity (Wildman–Crippen MR) is 49.3 cm³/mol. The summed E-state index contributed by atoms with van der Waals surface area (Å²) in [5, 5.41) is 16.9. The largest absolute Gasteiger partial charge is 0.396 e. The first-order valence-electron chi connectivity index (χ1n) is 2.99. The van der Waals surface area contributed by atoms with Gasteiger partial charge < -0.3 is 10.2 Å². The fraction of sp³-hybridized carbons (Fsp3) is 1.00. The average Bonchev–Trinajstić information content (AvgIpc) is 1.87. The molecule has 0 aliphatic rings. The molecule has 0 saturated carbocycles. The van der Waals surface area contributed by atoms with Crippen molar-refractivity contribution in [1.82, 2.24) is 0 Å². The molecule has 0 heterocycles. The molecule has 0 rings (SSSR count). The second kappa shape index (κ2) is 7.44. The van der Waals surface area contributed by atoms with E-state index in [1.54, 1.807) is 13.8 Å². The number of aliphatic hydroxyl groups is 2. The van der Waals surface area contributed by atoms with E-state index in [0.717, 1.165) is 0 Å². The summed E-state index contributed by atoms with van der Waals surface area (Å²) in [5.74, 6) is 0. The normalized spacial score (nSPS) is 10.9. The van der Waals surface area contributed by atoms with Crippen LogP contribution >= 0.6 is 34.8 Å². The summed E-state index contributed by atoms with van der Waals surface area (Å²) in [6.07, 6.45) is 0. The van der Waals surface area contributed by atoms with Gasteiger partial charge in [-0.3, -0.25) is 0 Å². The summed E-state index contributed by atoms with van der Waals surface area (Å²) in [6.45, 7) is 3.69. The van der Waals surface area contributed by atoms with Gasteiger partial charge in [0.25, 0.3) is 0 Å². The SMILES string of the molecule is CC(C)(CO)CO.ClC(Cl)Cl. The Morgan fingerprint density at radius 2 is 1.27 bits per heavy atom. The highest BCUT2D eigenvalue weighted by molar-refractivity contribution is 6.63. The Labute approximate surface area is 82.1 Å². The van der Waals surface area contributed by atoms with Gasteiger partial charge in [-0.15, -0.1) is 0 Å². The number of alkyl halides is 3. The lowest BCUT2D eigenvalue weighted by atomic mass is 9.97. The first kappa shape index (κ1) is 14.3. The molecular weight excluding hydrogens is 210 g/mol. The highest BCUT2D eigenvalue weighted by Crippen LogP contribution is 2.10. The van der Waals surface area contributed by atoms with Crippen molar-refractivity contribution in [2.75, 3.05) is 13.2 Å². The van der Waals surface area contributed by atoms with Crippen molar-refractivity contribution in [1.29, 1.82) is 0 Å². The monoisotopic (exact) mass is 222 g/mol. The average molecular weight is 224 g/mol. The van der Waals surface area contributed by atoms with E-state index >= 15 is 0 Å². The van der Waals surface area contributed by atoms with Crippen LogP contribution in [0.5, 0.6) is 0 Å². The van der Waals surface area contributed by atoms with Gasteiger partial charge in [-0.25, -0.2) is 0 Å². The number of halogens is 3. The van der Waals surface area contributed by atoms with Crippen LogP contribution in [-0.2, 0) is 0 Å². The third-order valence-electron chi connectivity index (χ3n) is 0.856. The first-order chi connectivity index (χ1) is 4.85. The quantitative estimate of drug-likeness (QED) is 0.703. The van der Waals surface area contributed by atoms with E-state index in [0.29, 0.717) is 0 Å². The van der Waals surface area contributed by atoms with Crippen LogP contribution in [0.4, 0.5) is 0 Å². The molecule has 70 valence electrons. The second-order valence-electron chi connectivity index (χ2n) is 2.73. The van der Waals surface area contributed by atoms with E-state index in [-0.39, 0.29) is 18.6 Å². The molecule has 0 aliphatic carbocycles. The highest BCUT2D eigenvalue weighted by atomic mass is 35.6. The Morgan fingerprint density at radius 3 is 1.27 bits per heavy atom. The maximum atomic E-state index is 8.43. The summed E-state index contributed by atoms with van der Waals surface area (Å²) in [7, 11) is 0. The van der Waals surface area contributed by atoms with Crippen LogP contribution in [0.3, 0.4) is 0 Å². The van der Waals surface area contributed by atoms with Crippen molar-refractivity contribution < 1.29 is 10.2 Å². The minimum absolute atomic E-state index is 0.0451. The van der Waals surface area contributed by atoms with Crippen LogP contribution in [0.2, 0.25) is 0 Å². The van der Waals surface area contributed by atoms with Crippen molar-refractivity contribution in [3.05, 3.63) is 0 Å². The second-order valence-corrected chi connectivity index (χ2v) is 4.71. The first-order valence-corrected chi connectivity index (χ1v) is 4.30. The molecule has 0 saturated heterocycles. The smallest absolute Gasteiger partial charge is 0.180 e. The van der Waals surface area contributed by atoms with Crippen LogP contribution in [0.1, 0.15) is 13.8 Å². The van der Waals surface area contributed by atoms with Crippen LogP contribution in [0, 0.1) is 5.41 Å². The molecule has 0 spiro atoms. The minimum atomic E-state index is -0.750. The van der Waals surface area contributed by atoms with E-state index in [4.69, 9.17) is 45.0 Å². The van der Waals surface area contributed by atoms with Crippen LogP contribution in [0.25, 0.3) is 0 Å². The highest BCUT2D eigenvalue weighted by Gasteiger charge is 2.13. The fourth-order valence-electron chi connectivity index (χ4n) is 0.0500. The fourth-order valence-corrected chi connectivity index (χ4v) is 0.0500. The van der Waals surface area contributed by atoms with Gasteiger partial charge in [0, 0.05) is 5.41 Å². The summed E-state index contributed by atoms with van der Waals surface area (Å²) in [5.41, 5.74) is -0.306. The molecule has 2 N–H and O–H groups in total. The third-order valence-corrected chi connectivity index (χ3v) is 0.856. The van der Waals surface area contributed by atoms with E-state index in [1.807, 2.05) is 0 Å². The Morgan fingerprint density at radius 1 is 1.09 bits per heavy atom. The number of aliphatic hydroxyl groups excluding tert-OH is 2. The standard InChI is InChI=1S/C5H12O2.CHCl3/c1-5(2,3-6)4-7;2-1(3)4/h6-7H,3-4H2,1-2H3;1H. The lowest BCUT2D eigenvalue weighted by Gasteiger charge is -2.16. The molecule has 11 heavy (non-hydrogen) atoms. The van der Waals surface area contributed by atoms with Crippen LogP contribution in [-0.4, -0.2) is 27.7 Å². The maximum absolute atomic E-state index is 8.43. The zero-order chi connectivity index (χ0) is 9.49. The molecule has 0 bridgehead atoms. The van der Waals surface area contributed by atoms with Gasteiger partial charge in [-0.2, -0.15) is 0 Å². The van der Waals surface area contributed by atoms with Crippen LogP contribution in [0.15, 0.2) is 0 Å². The molecule has 0 aromatic carbocycles. The summed E-state index contributed by atoms with van der Waals surface area (Å²) in [4.78, 5) is 0. The Balaban J connectivity index is 0. The zero-order valence-electron chi connectivity index (χ0n) is 6.52. The number of hydrogen-bond acceptors (Lipinski definition) is 2. The van der Waals surface area contributed by atoms with Crippen molar-refractivity contribution >= 4 is 34.8 Å². The maximum Gasteiger partial charge on any atom is 0.180 e. The van der Waals surface area contributed by atoms with Gasteiger partial charge in [0.2, 0.25) is 0 Å². The van der Waals surface area contributed by atoms with Crippen molar-refractivity contribution in [2.45, 2.75) is 18.1 Å². The molecule has 0 aromatic heterocycles. The molecule has 0 aromatic rings. The van der Waals surface area contributed by atoms with E-state index in [1.165, 1.54) is 0 Å². The van der Waals surface area contributed by atoms with E-state index < -0.39 is 4.30 Å². The minimum Gasteiger partial charge on any atom is -0.396 e. The van der Waals surface area contributed by atoms with Crippen molar-refractivity contribution in [2.24, 2.45) is 5.41 Å². The molecule has 0 unspecified atom stereocenters. The van der Waals surface area contributed by atoms with Gasteiger partial charge in [-0.1, -0.05) is 48.7 Å². The van der Waals surface area contributed by atoms with Gasteiger partial charge in [0.05, 0.1) is 13.2 Å². The van der Waals surface area contributed by atoms with E-state index in [2.05, 4.69) is 0 Å². The van der Waals surface area contributed by atoms with Crippen LogP contribution < -0.4 is 0 Å². The molecule has 2 nitrogen and oxygen atoms in total. The molecule has 0 atom stereocenters.